The molecular weight excluding hydrogens is 471 g/mol. The minimum absolute atomic E-state index is 0.0429. The molecule has 0 spiro atoms. The molecule has 1 N–H and O–H groups in total. The number of pyridine rings is 1. The Labute approximate surface area is 200 Å². The summed E-state index contributed by atoms with van der Waals surface area (Å²) in [6, 6.07) is 10.6. The van der Waals surface area contributed by atoms with Gasteiger partial charge in [0.25, 0.3) is 10.0 Å². The van der Waals surface area contributed by atoms with Crippen LogP contribution in [0.15, 0.2) is 78.3 Å². The maximum Gasteiger partial charge on any atom is 0.262 e. The Morgan fingerprint density at radius 1 is 0.943 bits per heavy atom. The number of fused-ring (bicyclic) bond motifs is 1. The van der Waals surface area contributed by atoms with Crippen LogP contribution in [0.3, 0.4) is 0 Å². The summed E-state index contributed by atoms with van der Waals surface area (Å²) >= 11 is 0. The van der Waals surface area contributed by atoms with Crippen LogP contribution in [0, 0.1) is 5.82 Å². The van der Waals surface area contributed by atoms with E-state index in [9.17, 15) is 12.8 Å². The minimum atomic E-state index is -4.04. The van der Waals surface area contributed by atoms with E-state index in [-0.39, 0.29) is 16.3 Å². The van der Waals surface area contributed by atoms with E-state index in [2.05, 4.69) is 19.8 Å². The van der Waals surface area contributed by atoms with Crippen molar-refractivity contribution in [2.24, 2.45) is 7.05 Å². The first-order chi connectivity index (χ1) is 16.8. The normalized spacial score (nSPS) is 11.5. The number of nitrogens with zero attached hydrogens (tertiary/aromatic N) is 5. The van der Waals surface area contributed by atoms with Gasteiger partial charge >= 0.3 is 0 Å². The Bertz CT molecular complexity index is 1670. The number of hydrogen-bond donors (Lipinski definition) is 1. The van der Waals surface area contributed by atoms with Crippen molar-refractivity contribution < 1.29 is 17.5 Å². The average Bonchev–Trinajstić information content (AvgIpc) is 3.29. The number of halogens is 1. The van der Waals surface area contributed by atoms with Crippen LogP contribution in [0.4, 0.5) is 10.1 Å². The van der Waals surface area contributed by atoms with Crippen LogP contribution in [-0.2, 0) is 17.1 Å². The van der Waals surface area contributed by atoms with Crippen LogP contribution in [0.25, 0.3) is 33.4 Å². The van der Waals surface area contributed by atoms with Crippen LogP contribution in [0.2, 0.25) is 0 Å². The summed E-state index contributed by atoms with van der Waals surface area (Å²) in [6.45, 7) is 0. The molecule has 3 heterocycles. The van der Waals surface area contributed by atoms with Gasteiger partial charge in [-0.3, -0.25) is 19.4 Å². The summed E-state index contributed by atoms with van der Waals surface area (Å²) in [5, 5.41) is 4.17. The number of aromatic nitrogens is 5. The summed E-state index contributed by atoms with van der Waals surface area (Å²) in [5.74, 6) is -0.816. The van der Waals surface area contributed by atoms with Gasteiger partial charge in [0, 0.05) is 30.6 Å². The van der Waals surface area contributed by atoms with Gasteiger partial charge in [-0.2, -0.15) is 5.10 Å². The van der Waals surface area contributed by atoms with Gasteiger partial charge < -0.3 is 4.74 Å². The summed E-state index contributed by atoms with van der Waals surface area (Å²) < 4.78 is 48.6. The van der Waals surface area contributed by atoms with Crippen LogP contribution in [0.1, 0.15) is 0 Å². The molecule has 0 radical (unpaired) electrons. The number of sulfonamides is 1. The quantitative estimate of drug-likeness (QED) is 0.382. The lowest BCUT2D eigenvalue weighted by Crippen LogP contribution is -2.13. The number of ether oxygens (including phenoxy) is 1. The van der Waals surface area contributed by atoms with E-state index < -0.39 is 15.8 Å². The Morgan fingerprint density at radius 2 is 1.80 bits per heavy atom. The molecule has 0 amide bonds. The van der Waals surface area contributed by atoms with Crippen LogP contribution < -0.4 is 9.46 Å². The van der Waals surface area contributed by atoms with E-state index in [0.717, 1.165) is 17.2 Å². The summed E-state index contributed by atoms with van der Waals surface area (Å²) in [4.78, 5) is 13.1. The predicted molar refractivity (Wildman–Crippen MR) is 129 cm³/mol. The number of nitrogens with one attached hydrogen (secondary N) is 1. The highest BCUT2D eigenvalue weighted by atomic mass is 32.2. The third-order valence-corrected chi connectivity index (χ3v) is 6.68. The molecule has 5 aromatic rings. The first-order valence-electron chi connectivity index (χ1n) is 10.4. The summed E-state index contributed by atoms with van der Waals surface area (Å²) in [6.07, 6.45) is 8.26. The lowest BCUT2D eigenvalue weighted by atomic mass is 10.1. The number of benzene rings is 2. The fraction of sp³-hybridized carbons (Fsp3) is 0.0833. The molecule has 0 fully saturated rings. The van der Waals surface area contributed by atoms with Gasteiger partial charge in [-0.05, 0) is 42.0 Å². The van der Waals surface area contributed by atoms with Crippen molar-refractivity contribution in [3.63, 3.8) is 0 Å². The maximum absolute atomic E-state index is 14.0. The highest BCUT2D eigenvalue weighted by Crippen LogP contribution is 2.27. The molecule has 11 heteroatoms. The van der Waals surface area contributed by atoms with E-state index in [1.54, 1.807) is 29.3 Å². The third-order valence-electron chi connectivity index (χ3n) is 5.30. The van der Waals surface area contributed by atoms with Gasteiger partial charge in [0.05, 0.1) is 53.0 Å². The molecule has 0 unspecified atom stereocenters. The second kappa shape index (κ2) is 8.76. The predicted octanol–water partition coefficient (Wildman–Crippen LogP) is 4.04. The van der Waals surface area contributed by atoms with Crippen molar-refractivity contribution in [2.45, 2.75) is 4.90 Å². The lowest BCUT2D eigenvalue weighted by Gasteiger charge is -2.11. The zero-order valence-corrected chi connectivity index (χ0v) is 19.5. The number of hydrogen-bond acceptors (Lipinski definition) is 7. The van der Waals surface area contributed by atoms with Gasteiger partial charge in [0.1, 0.15) is 0 Å². The first-order valence-corrected chi connectivity index (χ1v) is 11.9. The molecule has 0 saturated heterocycles. The van der Waals surface area contributed by atoms with E-state index >= 15 is 0 Å². The van der Waals surface area contributed by atoms with Gasteiger partial charge in [-0.15, -0.1) is 0 Å². The molecule has 0 saturated carbocycles. The van der Waals surface area contributed by atoms with Gasteiger partial charge in [-0.25, -0.2) is 17.8 Å². The number of rotatable bonds is 6. The summed E-state index contributed by atoms with van der Waals surface area (Å²) in [7, 11) is -0.910. The van der Waals surface area contributed by atoms with E-state index in [1.165, 1.54) is 25.4 Å². The molecule has 9 nitrogen and oxygen atoms in total. The first kappa shape index (κ1) is 22.4. The highest BCUT2D eigenvalue weighted by Gasteiger charge is 2.17. The highest BCUT2D eigenvalue weighted by molar-refractivity contribution is 7.92. The topological polar surface area (TPSA) is 112 Å². The van der Waals surface area contributed by atoms with Gasteiger partial charge in [-0.1, -0.05) is 6.07 Å². The Kier molecular flexibility index (Phi) is 5.61. The SMILES string of the molecule is COc1ccc(S(=O)(=O)Nc2cncc(-c3ccc4ncc(-c5cnn(C)c5)nc4c3)c2)cc1F. The van der Waals surface area contributed by atoms with Crippen molar-refractivity contribution in [2.75, 3.05) is 11.8 Å². The van der Waals surface area contributed by atoms with Gasteiger partial charge in [0.15, 0.2) is 11.6 Å². The third kappa shape index (κ3) is 4.53. The molecule has 0 atom stereocenters. The Hall–Kier alpha value is -4.38. The van der Waals surface area contributed by atoms with Crippen LogP contribution >= 0.6 is 0 Å². The molecule has 5 rings (SSSR count). The van der Waals surface area contributed by atoms with Crippen molar-refractivity contribution in [3.05, 3.63) is 79.3 Å². The monoisotopic (exact) mass is 490 g/mol. The maximum atomic E-state index is 14.0. The van der Waals surface area contributed by atoms with Crippen molar-refractivity contribution >= 4 is 26.7 Å². The van der Waals surface area contributed by atoms with E-state index in [1.807, 2.05) is 31.4 Å². The van der Waals surface area contributed by atoms with Gasteiger partial charge in [0.2, 0.25) is 0 Å². The molecule has 2 aromatic carbocycles. The van der Waals surface area contributed by atoms with Crippen LogP contribution in [0.5, 0.6) is 5.75 Å². The zero-order valence-electron chi connectivity index (χ0n) is 18.7. The number of anilines is 1. The van der Waals surface area contributed by atoms with Crippen molar-refractivity contribution in [1.82, 2.24) is 24.7 Å². The standard InChI is InChI=1S/C24H19FN6O3S/c1-31-14-17(11-28-31)23-13-27-21-5-3-15(8-22(21)29-23)16-7-18(12-26-10-16)30-35(32,33)19-4-6-24(34-2)20(25)9-19/h3-14,30H,1-2H3. The van der Waals surface area contributed by atoms with Crippen molar-refractivity contribution in [1.29, 1.82) is 0 Å². The largest absolute Gasteiger partial charge is 0.494 e. The Balaban J connectivity index is 1.46. The molecule has 35 heavy (non-hydrogen) atoms. The average molecular weight is 491 g/mol. The molecular formula is C24H19FN6O3S. The zero-order chi connectivity index (χ0) is 24.6. The lowest BCUT2D eigenvalue weighted by molar-refractivity contribution is 0.385. The second-order valence-corrected chi connectivity index (χ2v) is 9.41. The number of methoxy groups -OCH3 is 1. The van der Waals surface area contributed by atoms with E-state index in [0.29, 0.717) is 22.3 Å². The molecule has 0 aliphatic heterocycles. The van der Waals surface area contributed by atoms with Crippen LogP contribution in [-0.4, -0.2) is 40.3 Å². The Morgan fingerprint density at radius 3 is 2.54 bits per heavy atom. The molecule has 0 aliphatic rings. The fourth-order valence-electron chi connectivity index (χ4n) is 3.57. The molecule has 0 bridgehead atoms. The smallest absolute Gasteiger partial charge is 0.262 e. The molecule has 0 aliphatic carbocycles. The fourth-order valence-corrected chi connectivity index (χ4v) is 4.61. The molecule has 3 aromatic heterocycles. The molecule has 176 valence electrons. The minimum Gasteiger partial charge on any atom is -0.494 e. The second-order valence-electron chi connectivity index (χ2n) is 7.73. The summed E-state index contributed by atoms with van der Waals surface area (Å²) in [5.41, 5.74) is 4.60. The number of aryl methyl sites for hydroxylation is 1. The van der Waals surface area contributed by atoms with Crippen molar-refractivity contribution in [3.8, 4) is 28.1 Å². The van der Waals surface area contributed by atoms with E-state index in [4.69, 9.17) is 9.72 Å².